The van der Waals surface area contributed by atoms with E-state index in [9.17, 15) is 0 Å². The SMILES string of the molecule is NC1CCCN(C2CCCC2)c2ccccc21. The zero-order chi connectivity index (χ0) is 11.7. The summed E-state index contributed by atoms with van der Waals surface area (Å²) < 4.78 is 0. The largest absolute Gasteiger partial charge is 0.368 e. The van der Waals surface area contributed by atoms with E-state index in [1.54, 1.807) is 0 Å². The molecule has 1 aliphatic heterocycles. The van der Waals surface area contributed by atoms with Crippen LogP contribution in [0.1, 0.15) is 50.1 Å². The minimum atomic E-state index is 0.234. The second kappa shape index (κ2) is 4.69. The number of hydrogen-bond acceptors (Lipinski definition) is 2. The predicted octanol–water partition coefficient (Wildman–Crippen LogP) is 3.23. The Hall–Kier alpha value is -1.02. The number of anilines is 1. The lowest BCUT2D eigenvalue weighted by Gasteiger charge is -2.31. The number of rotatable bonds is 1. The van der Waals surface area contributed by atoms with Gasteiger partial charge in [0.1, 0.15) is 0 Å². The molecule has 3 rings (SSSR count). The van der Waals surface area contributed by atoms with E-state index < -0.39 is 0 Å². The summed E-state index contributed by atoms with van der Waals surface area (Å²) in [6.45, 7) is 1.19. The quantitative estimate of drug-likeness (QED) is 0.802. The van der Waals surface area contributed by atoms with Gasteiger partial charge in [-0.25, -0.2) is 0 Å². The lowest BCUT2D eigenvalue weighted by atomic mass is 10.0. The fourth-order valence-corrected chi connectivity index (χ4v) is 3.42. The number of fused-ring (bicyclic) bond motifs is 1. The van der Waals surface area contributed by atoms with Gasteiger partial charge in [-0.3, -0.25) is 0 Å². The molecule has 0 radical (unpaired) electrons. The van der Waals surface area contributed by atoms with Crippen molar-refractivity contribution in [1.29, 1.82) is 0 Å². The number of nitrogens with zero attached hydrogens (tertiary/aromatic N) is 1. The molecule has 17 heavy (non-hydrogen) atoms. The van der Waals surface area contributed by atoms with Crippen LogP contribution in [0.4, 0.5) is 5.69 Å². The highest BCUT2D eigenvalue weighted by Gasteiger charge is 2.27. The molecule has 92 valence electrons. The van der Waals surface area contributed by atoms with Gasteiger partial charge in [-0.05, 0) is 37.3 Å². The standard InChI is InChI=1S/C15H22N2/c16-14-9-5-11-17(12-6-1-2-7-12)15-10-4-3-8-13(14)15/h3-4,8,10,12,14H,1-2,5-7,9,11,16H2. The second-order valence-electron chi connectivity index (χ2n) is 5.44. The molecule has 1 atom stereocenters. The maximum Gasteiger partial charge on any atom is 0.0417 e. The lowest BCUT2D eigenvalue weighted by molar-refractivity contribution is 0.577. The Morgan fingerprint density at radius 3 is 2.59 bits per heavy atom. The second-order valence-corrected chi connectivity index (χ2v) is 5.44. The Morgan fingerprint density at radius 1 is 1.00 bits per heavy atom. The summed E-state index contributed by atoms with van der Waals surface area (Å²) in [6.07, 6.45) is 7.88. The highest BCUT2D eigenvalue weighted by atomic mass is 15.2. The van der Waals surface area contributed by atoms with Gasteiger partial charge in [0.05, 0.1) is 0 Å². The molecule has 0 aromatic heterocycles. The van der Waals surface area contributed by atoms with Gasteiger partial charge in [-0.1, -0.05) is 31.0 Å². The van der Waals surface area contributed by atoms with E-state index in [1.807, 2.05) is 0 Å². The van der Waals surface area contributed by atoms with Crippen LogP contribution < -0.4 is 10.6 Å². The Labute approximate surface area is 104 Å². The average molecular weight is 230 g/mol. The van der Waals surface area contributed by atoms with Crippen molar-refractivity contribution < 1.29 is 0 Å². The van der Waals surface area contributed by atoms with Gasteiger partial charge in [0.15, 0.2) is 0 Å². The summed E-state index contributed by atoms with van der Waals surface area (Å²) in [4.78, 5) is 2.63. The molecule has 1 saturated carbocycles. The van der Waals surface area contributed by atoms with Gasteiger partial charge in [0.2, 0.25) is 0 Å². The van der Waals surface area contributed by atoms with Crippen LogP contribution in [0.2, 0.25) is 0 Å². The van der Waals surface area contributed by atoms with Crippen molar-refractivity contribution in [2.75, 3.05) is 11.4 Å². The Bertz CT molecular complexity index is 382. The molecule has 2 aliphatic rings. The molecular formula is C15H22N2. The fourth-order valence-electron chi connectivity index (χ4n) is 3.42. The number of nitrogens with two attached hydrogens (primary N) is 1. The summed E-state index contributed by atoms with van der Waals surface area (Å²) in [6, 6.07) is 9.75. The summed E-state index contributed by atoms with van der Waals surface area (Å²) >= 11 is 0. The molecule has 0 amide bonds. The lowest BCUT2D eigenvalue weighted by Crippen LogP contribution is -2.34. The van der Waals surface area contributed by atoms with Crippen LogP contribution in [0.3, 0.4) is 0 Å². The summed E-state index contributed by atoms with van der Waals surface area (Å²) in [5.74, 6) is 0. The summed E-state index contributed by atoms with van der Waals surface area (Å²) in [5.41, 5.74) is 9.05. The van der Waals surface area contributed by atoms with Crippen LogP contribution in [0.5, 0.6) is 0 Å². The van der Waals surface area contributed by atoms with E-state index in [4.69, 9.17) is 5.73 Å². The number of para-hydroxylation sites is 1. The normalized spacial score (nSPS) is 25.7. The molecule has 1 unspecified atom stereocenters. The van der Waals surface area contributed by atoms with Gasteiger partial charge in [0, 0.05) is 24.3 Å². The molecule has 2 heteroatoms. The third kappa shape index (κ3) is 2.06. The molecule has 0 saturated heterocycles. The van der Waals surface area contributed by atoms with E-state index in [-0.39, 0.29) is 6.04 Å². The minimum Gasteiger partial charge on any atom is -0.368 e. The van der Waals surface area contributed by atoms with Crippen molar-refractivity contribution in [2.24, 2.45) is 5.73 Å². The molecule has 1 fully saturated rings. The Kier molecular flexibility index (Phi) is 3.06. The first-order valence-electron chi connectivity index (χ1n) is 6.97. The average Bonchev–Trinajstić information content (AvgIpc) is 2.83. The summed E-state index contributed by atoms with van der Waals surface area (Å²) in [5, 5.41) is 0. The van der Waals surface area contributed by atoms with Crippen molar-refractivity contribution >= 4 is 5.69 Å². The van der Waals surface area contributed by atoms with Crippen LogP contribution in [-0.2, 0) is 0 Å². The topological polar surface area (TPSA) is 29.3 Å². The van der Waals surface area contributed by atoms with Crippen LogP contribution in [0.15, 0.2) is 24.3 Å². The van der Waals surface area contributed by atoms with Crippen molar-refractivity contribution in [3.8, 4) is 0 Å². The maximum atomic E-state index is 6.28. The molecule has 1 heterocycles. The first kappa shape index (κ1) is 11.1. The van der Waals surface area contributed by atoms with Gasteiger partial charge < -0.3 is 10.6 Å². The fraction of sp³-hybridized carbons (Fsp3) is 0.600. The zero-order valence-electron chi connectivity index (χ0n) is 10.4. The van der Waals surface area contributed by atoms with E-state index in [2.05, 4.69) is 29.2 Å². The van der Waals surface area contributed by atoms with Crippen LogP contribution in [0, 0.1) is 0 Å². The molecule has 2 nitrogen and oxygen atoms in total. The summed E-state index contributed by atoms with van der Waals surface area (Å²) in [7, 11) is 0. The zero-order valence-corrected chi connectivity index (χ0v) is 10.4. The van der Waals surface area contributed by atoms with E-state index >= 15 is 0 Å². The Morgan fingerprint density at radius 2 is 1.76 bits per heavy atom. The van der Waals surface area contributed by atoms with Crippen LogP contribution in [0.25, 0.3) is 0 Å². The van der Waals surface area contributed by atoms with Gasteiger partial charge >= 0.3 is 0 Å². The van der Waals surface area contributed by atoms with Crippen LogP contribution in [-0.4, -0.2) is 12.6 Å². The van der Waals surface area contributed by atoms with E-state index in [0.29, 0.717) is 0 Å². The number of hydrogen-bond donors (Lipinski definition) is 1. The van der Waals surface area contributed by atoms with Gasteiger partial charge in [-0.2, -0.15) is 0 Å². The van der Waals surface area contributed by atoms with Crippen molar-refractivity contribution in [2.45, 2.75) is 50.6 Å². The highest BCUT2D eigenvalue weighted by molar-refractivity contribution is 5.56. The molecule has 2 N–H and O–H groups in total. The third-order valence-corrected chi connectivity index (χ3v) is 4.33. The third-order valence-electron chi connectivity index (χ3n) is 4.33. The molecule has 1 aromatic rings. The van der Waals surface area contributed by atoms with Gasteiger partial charge in [-0.15, -0.1) is 0 Å². The predicted molar refractivity (Wildman–Crippen MR) is 72.2 cm³/mol. The molecule has 1 aliphatic carbocycles. The first-order valence-corrected chi connectivity index (χ1v) is 6.97. The number of benzene rings is 1. The smallest absolute Gasteiger partial charge is 0.0417 e. The molecule has 0 bridgehead atoms. The maximum absolute atomic E-state index is 6.28. The molecule has 1 aromatic carbocycles. The van der Waals surface area contributed by atoms with Crippen molar-refractivity contribution in [3.05, 3.63) is 29.8 Å². The van der Waals surface area contributed by atoms with Crippen molar-refractivity contribution in [3.63, 3.8) is 0 Å². The van der Waals surface area contributed by atoms with Gasteiger partial charge in [0.25, 0.3) is 0 Å². The van der Waals surface area contributed by atoms with E-state index in [1.165, 1.54) is 49.9 Å². The molecule has 0 spiro atoms. The monoisotopic (exact) mass is 230 g/mol. The highest BCUT2D eigenvalue weighted by Crippen LogP contribution is 2.36. The first-order chi connectivity index (χ1) is 8.36. The van der Waals surface area contributed by atoms with Crippen molar-refractivity contribution in [1.82, 2.24) is 0 Å². The minimum absolute atomic E-state index is 0.234. The Balaban J connectivity index is 1.96. The van der Waals surface area contributed by atoms with E-state index in [0.717, 1.165) is 12.5 Å². The van der Waals surface area contributed by atoms with Crippen LogP contribution >= 0.6 is 0 Å². The molecular weight excluding hydrogens is 208 g/mol.